The van der Waals surface area contributed by atoms with Gasteiger partial charge in [-0.1, -0.05) is 57.6 Å². The van der Waals surface area contributed by atoms with Gasteiger partial charge in [0.2, 0.25) is 0 Å². The minimum absolute atomic E-state index is 0.120. The lowest BCUT2D eigenvalue weighted by Gasteiger charge is -2.30. The third kappa shape index (κ3) is 6.80. The van der Waals surface area contributed by atoms with E-state index in [4.69, 9.17) is 5.11 Å². The van der Waals surface area contributed by atoms with Crippen molar-refractivity contribution < 1.29 is 15.3 Å². The first-order valence-corrected chi connectivity index (χ1v) is 9.31. The minimum atomic E-state index is -0.370. The number of unbranched alkanes of at least 4 members (excludes halogenated alkanes) is 5. The quantitative estimate of drug-likeness (QED) is 0.377. The maximum absolute atomic E-state index is 10.4. The van der Waals surface area contributed by atoms with Crippen LogP contribution in [0.25, 0.3) is 0 Å². The van der Waals surface area contributed by atoms with Crippen LogP contribution >= 0.6 is 0 Å². The van der Waals surface area contributed by atoms with Crippen molar-refractivity contribution in [2.24, 2.45) is 5.41 Å². The smallest absolute Gasteiger partial charge is 0.0721 e. The molecule has 1 fully saturated rings. The van der Waals surface area contributed by atoms with E-state index in [2.05, 4.69) is 13.0 Å². The zero-order valence-electron chi connectivity index (χ0n) is 14.3. The Hall–Kier alpha value is -0.380. The van der Waals surface area contributed by atoms with Crippen LogP contribution < -0.4 is 0 Å². The van der Waals surface area contributed by atoms with E-state index in [-0.39, 0.29) is 24.2 Å². The van der Waals surface area contributed by atoms with Gasteiger partial charge in [0.25, 0.3) is 0 Å². The van der Waals surface area contributed by atoms with Crippen LogP contribution in [0.15, 0.2) is 12.2 Å². The zero-order valence-corrected chi connectivity index (χ0v) is 14.3. The van der Waals surface area contributed by atoms with E-state index in [0.29, 0.717) is 0 Å². The summed E-state index contributed by atoms with van der Waals surface area (Å²) in [6.07, 6.45) is 15.8. The third-order valence-corrected chi connectivity index (χ3v) is 5.09. The third-order valence-electron chi connectivity index (χ3n) is 5.09. The molecule has 0 aromatic heterocycles. The first-order valence-electron chi connectivity index (χ1n) is 9.31. The van der Waals surface area contributed by atoms with Crippen LogP contribution in [0.5, 0.6) is 0 Å². The molecule has 1 unspecified atom stereocenters. The molecule has 3 N–H and O–H groups in total. The van der Waals surface area contributed by atoms with Gasteiger partial charge in [0.15, 0.2) is 0 Å². The van der Waals surface area contributed by atoms with Crippen molar-refractivity contribution in [2.45, 2.75) is 96.2 Å². The Kier molecular flexibility index (Phi) is 10.0. The summed E-state index contributed by atoms with van der Waals surface area (Å²) in [5.41, 5.74) is -0.120. The first kappa shape index (κ1) is 19.7. The average molecular weight is 312 g/mol. The Morgan fingerprint density at radius 2 is 1.91 bits per heavy atom. The highest BCUT2D eigenvalue weighted by atomic mass is 16.3. The van der Waals surface area contributed by atoms with E-state index in [1.807, 2.05) is 6.08 Å². The molecule has 0 aromatic rings. The van der Waals surface area contributed by atoms with Crippen LogP contribution in [0, 0.1) is 5.41 Å². The van der Waals surface area contributed by atoms with Crippen molar-refractivity contribution in [2.75, 3.05) is 6.61 Å². The Labute approximate surface area is 136 Å². The van der Waals surface area contributed by atoms with Crippen molar-refractivity contribution in [3.63, 3.8) is 0 Å². The fraction of sp³-hybridized carbons (Fsp3) is 0.895. The van der Waals surface area contributed by atoms with Crippen LogP contribution in [0.3, 0.4) is 0 Å². The number of rotatable bonds is 12. The molecule has 130 valence electrons. The second kappa shape index (κ2) is 11.2. The van der Waals surface area contributed by atoms with Gasteiger partial charge in [0, 0.05) is 12.0 Å². The van der Waals surface area contributed by atoms with E-state index in [9.17, 15) is 10.2 Å². The van der Waals surface area contributed by atoms with Crippen molar-refractivity contribution in [1.29, 1.82) is 0 Å². The molecule has 0 aliphatic heterocycles. The maximum Gasteiger partial charge on any atom is 0.0721 e. The van der Waals surface area contributed by atoms with E-state index in [1.165, 1.54) is 12.8 Å². The lowest BCUT2D eigenvalue weighted by molar-refractivity contribution is 0.0772. The lowest BCUT2D eigenvalue weighted by atomic mass is 9.78. The molecule has 1 saturated carbocycles. The summed E-state index contributed by atoms with van der Waals surface area (Å²) in [5.74, 6) is 0. The molecule has 22 heavy (non-hydrogen) atoms. The molecule has 1 rings (SSSR count). The summed E-state index contributed by atoms with van der Waals surface area (Å²) in [4.78, 5) is 0. The van der Waals surface area contributed by atoms with E-state index >= 15 is 0 Å². The minimum Gasteiger partial charge on any atom is -0.396 e. The van der Waals surface area contributed by atoms with Gasteiger partial charge in [0.05, 0.1) is 12.2 Å². The van der Waals surface area contributed by atoms with Gasteiger partial charge in [-0.25, -0.2) is 0 Å². The van der Waals surface area contributed by atoms with Crippen LogP contribution in [0.4, 0.5) is 0 Å². The molecular weight excluding hydrogens is 276 g/mol. The van der Waals surface area contributed by atoms with Crippen molar-refractivity contribution >= 4 is 0 Å². The van der Waals surface area contributed by atoms with Crippen molar-refractivity contribution in [1.82, 2.24) is 0 Å². The second-order valence-corrected chi connectivity index (χ2v) is 6.95. The van der Waals surface area contributed by atoms with Gasteiger partial charge >= 0.3 is 0 Å². The summed E-state index contributed by atoms with van der Waals surface area (Å²) >= 11 is 0. The Morgan fingerprint density at radius 3 is 2.55 bits per heavy atom. The molecule has 0 spiro atoms. The maximum atomic E-state index is 10.4. The zero-order chi connectivity index (χ0) is 16.3. The standard InChI is InChI=1S/C19H36O3/c1-2-3-6-10-17(21)12-15-19(14-9-11-18(19)22)13-7-4-5-8-16-20/h12,15,17-18,20-22H,2-11,13-14,16H2,1H3/b15-12+/t17?,18-,19+/m1/s1. The van der Waals surface area contributed by atoms with Crippen LogP contribution in [0.1, 0.15) is 84.0 Å². The molecule has 0 saturated heterocycles. The molecule has 0 heterocycles. The number of aliphatic hydroxyl groups excluding tert-OH is 3. The van der Waals surface area contributed by atoms with Gasteiger partial charge in [0.1, 0.15) is 0 Å². The SMILES string of the molecule is CCCCCC(O)/C=C/[C@]1(CCCCCCO)CCC[C@H]1O. The molecule has 0 amide bonds. The molecule has 3 nitrogen and oxygen atoms in total. The largest absolute Gasteiger partial charge is 0.396 e. The van der Waals surface area contributed by atoms with Crippen molar-refractivity contribution in [3.8, 4) is 0 Å². The van der Waals surface area contributed by atoms with Crippen LogP contribution in [0.2, 0.25) is 0 Å². The molecule has 0 bridgehead atoms. The molecule has 3 atom stereocenters. The number of hydrogen-bond acceptors (Lipinski definition) is 3. The molecule has 1 aliphatic rings. The molecule has 0 radical (unpaired) electrons. The fourth-order valence-corrected chi connectivity index (χ4v) is 3.57. The second-order valence-electron chi connectivity index (χ2n) is 6.95. The lowest BCUT2D eigenvalue weighted by Crippen LogP contribution is -2.28. The Balaban J connectivity index is 2.45. The summed E-state index contributed by atoms with van der Waals surface area (Å²) in [6, 6.07) is 0. The number of hydrogen-bond donors (Lipinski definition) is 3. The van der Waals surface area contributed by atoms with E-state index in [0.717, 1.165) is 64.2 Å². The highest BCUT2D eigenvalue weighted by Crippen LogP contribution is 2.44. The van der Waals surface area contributed by atoms with Gasteiger partial charge in [-0.05, 0) is 38.5 Å². The fourth-order valence-electron chi connectivity index (χ4n) is 3.57. The molecule has 1 aliphatic carbocycles. The molecule has 3 heteroatoms. The Bertz CT molecular complexity index is 303. The first-order chi connectivity index (χ1) is 10.6. The average Bonchev–Trinajstić information content (AvgIpc) is 2.87. The van der Waals surface area contributed by atoms with Gasteiger partial charge < -0.3 is 15.3 Å². The molecule has 0 aromatic carbocycles. The predicted molar refractivity (Wildman–Crippen MR) is 91.8 cm³/mol. The predicted octanol–water partition coefficient (Wildman–Crippen LogP) is 3.96. The highest BCUT2D eigenvalue weighted by Gasteiger charge is 2.39. The summed E-state index contributed by atoms with van der Waals surface area (Å²) < 4.78 is 0. The van der Waals surface area contributed by atoms with E-state index in [1.54, 1.807) is 0 Å². The van der Waals surface area contributed by atoms with E-state index < -0.39 is 0 Å². The monoisotopic (exact) mass is 312 g/mol. The van der Waals surface area contributed by atoms with Crippen LogP contribution in [-0.2, 0) is 0 Å². The number of aliphatic hydroxyl groups is 3. The molecular formula is C19H36O3. The highest BCUT2D eigenvalue weighted by molar-refractivity contribution is 5.08. The van der Waals surface area contributed by atoms with Crippen LogP contribution in [-0.4, -0.2) is 34.1 Å². The van der Waals surface area contributed by atoms with Gasteiger partial charge in [-0.2, -0.15) is 0 Å². The topological polar surface area (TPSA) is 60.7 Å². The Morgan fingerprint density at radius 1 is 1.14 bits per heavy atom. The summed E-state index contributed by atoms with van der Waals surface area (Å²) in [5, 5.41) is 29.3. The summed E-state index contributed by atoms with van der Waals surface area (Å²) in [6.45, 7) is 2.44. The summed E-state index contributed by atoms with van der Waals surface area (Å²) in [7, 11) is 0. The van der Waals surface area contributed by atoms with Crippen molar-refractivity contribution in [3.05, 3.63) is 12.2 Å². The normalized spacial score (nSPS) is 26.8. The van der Waals surface area contributed by atoms with Gasteiger partial charge in [-0.3, -0.25) is 0 Å². The van der Waals surface area contributed by atoms with Gasteiger partial charge in [-0.15, -0.1) is 0 Å².